The number of nitrogens with zero attached hydrogens (tertiary/aromatic N) is 3. The zero-order chi connectivity index (χ0) is 10.5. The van der Waals surface area contributed by atoms with E-state index in [1.165, 1.54) is 17.9 Å². The van der Waals surface area contributed by atoms with Crippen LogP contribution in [0, 0.1) is 11.3 Å². The van der Waals surface area contributed by atoms with Gasteiger partial charge in [0.1, 0.15) is 11.8 Å². The van der Waals surface area contributed by atoms with Crippen molar-refractivity contribution in [2.75, 3.05) is 29.5 Å². The van der Waals surface area contributed by atoms with Gasteiger partial charge in [-0.1, -0.05) is 0 Å². The van der Waals surface area contributed by atoms with Crippen LogP contribution in [0.4, 0.5) is 5.69 Å². The predicted molar refractivity (Wildman–Crippen MR) is 63.1 cm³/mol. The van der Waals surface area contributed by atoms with Crippen LogP contribution in [0.5, 0.6) is 0 Å². The first-order valence-electron chi connectivity index (χ1n) is 5.09. The van der Waals surface area contributed by atoms with Gasteiger partial charge in [-0.15, -0.1) is 0 Å². The molecular weight excluding hydrogens is 206 g/mol. The van der Waals surface area contributed by atoms with E-state index in [-0.39, 0.29) is 0 Å². The minimum absolute atomic E-state index is 0.489. The number of nitriles is 1. The molecule has 0 unspecified atom stereocenters. The molecule has 0 radical (unpaired) electrons. The Hall–Kier alpha value is -1.21. The highest BCUT2D eigenvalue weighted by Gasteiger charge is 2.09. The summed E-state index contributed by atoms with van der Waals surface area (Å²) < 4.78 is 0. The van der Waals surface area contributed by atoms with Gasteiger partial charge in [-0.05, 0) is 24.3 Å². The van der Waals surface area contributed by atoms with Gasteiger partial charge in [0.15, 0.2) is 0 Å². The number of rotatable bonds is 1. The molecule has 0 spiro atoms. The molecule has 2 heterocycles. The zero-order valence-electron chi connectivity index (χ0n) is 8.52. The molecular formula is C11H13N3S. The molecule has 1 aliphatic rings. The maximum absolute atomic E-state index is 8.65. The fraction of sp³-hybridized carbons (Fsp3) is 0.455. The van der Waals surface area contributed by atoms with Crippen LogP contribution < -0.4 is 4.90 Å². The molecule has 0 saturated carbocycles. The molecule has 78 valence electrons. The summed E-state index contributed by atoms with van der Waals surface area (Å²) in [6.07, 6.45) is 3.03. The average molecular weight is 219 g/mol. The van der Waals surface area contributed by atoms with Crippen molar-refractivity contribution in [3.63, 3.8) is 0 Å². The molecule has 1 aromatic rings. The number of pyridine rings is 1. The molecule has 2 rings (SSSR count). The van der Waals surface area contributed by atoms with E-state index in [1.807, 2.05) is 23.9 Å². The van der Waals surface area contributed by atoms with E-state index >= 15 is 0 Å². The molecule has 0 aliphatic carbocycles. The van der Waals surface area contributed by atoms with Crippen molar-refractivity contribution in [1.29, 1.82) is 5.26 Å². The minimum Gasteiger partial charge on any atom is -0.369 e. The highest BCUT2D eigenvalue weighted by molar-refractivity contribution is 7.99. The molecule has 3 nitrogen and oxygen atoms in total. The Bertz CT molecular complexity index is 347. The van der Waals surface area contributed by atoms with Gasteiger partial charge in [0.25, 0.3) is 0 Å². The van der Waals surface area contributed by atoms with Gasteiger partial charge in [-0.2, -0.15) is 17.0 Å². The Morgan fingerprint density at radius 2 is 2.27 bits per heavy atom. The molecule has 15 heavy (non-hydrogen) atoms. The molecule has 0 bridgehead atoms. The Kier molecular flexibility index (Phi) is 3.46. The van der Waals surface area contributed by atoms with Crippen molar-refractivity contribution in [3.8, 4) is 6.07 Å². The standard InChI is InChI=1S/C11H13N3S/c12-8-10-2-3-11(9-13-10)14-4-1-6-15-7-5-14/h2-3,9H,1,4-7H2. The monoisotopic (exact) mass is 219 g/mol. The summed E-state index contributed by atoms with van der Waals surface area (Å²) in [6.45, 7) is 2.18. The van der Waals surface area contributed by atoms with Crippen molar-refractivity contribution in [3.05, 3.63) is 24.0 Å². The van der Waals surface area contributed by atoms with Crippen molar-refractivity contribution in [1.82, 2.24) is 4.98 Å². The number of anilines is 1. The molecule has 4 heteroatoms. The van der Waals surface area contributed by atoms with Crippen molar-refractivity contribution in [2.45, 2.75) is 6.42 Å². The molecule has 1 saturated heterocycles. The quantitative estimate of drug-likeness (QED) is 0.723. The van der Waals surface area contributed by atoms with Crippen LogP contribution >= 0.6 is 11.8 Å². The van der Waals surface area contributed by atoms with E-state index in [0.717, 1.165) is 18.8 Å². The summed E-state index contributed by atoms with van der Waals surface area (Å²) in [6, 6.07) is 5.81. The molecule has 1 fully saturated rings. The summed E-state index contributed by atoms with van der Waals surface area (Å²) in [5.41, 5.74) is 1.62. The normalized spacial score (nSPS) is 16.9. The van der Waals surface area contributed by atoms with Gasteiger partial charge >= 0.3 is 0 Å². The number of aromatic nitrogens is 1. The van der Waals surface area contributed by atoms with E-state index in [4.69, 9.17) is 5.26 Å². The van der Waals surface area contributed by atoms with Crippen LogP contribution in [-0.4, -0.2) is 29.6 Å². The third kappa shape index (κ3) is 2.63. The van der Waals surface area contributed by atoms with Crippen LogP contribution in [0.25, 0.3) is 0 Å². The van der Waals surface area contributed by atoms with Crippen LogP contribution in [0.1, 0.15) is 12.1 Å². The molecule has 0 aromatic carbocycles. The first-order valence-corrected chi connectivity index (χ1v) is 6.24. The SMILES string of the molecule is N#Cc1ccc(N2CCCSCC2)cn1. The van der Waals surface area contributed by atoms with Crippen molar-refractivity contribution < 1.29 is 0 Å². The first kappa shape index (κ1) is 10.3. The Morgan fingerprint density at radius 1 is 1.33 bits per heavy atom. The van der Waals surface area contributed by atoms with Crippen LogP contribution in [0.2, 0.25) is 0 Å². The van der Waals surface area contributed by atoms with Gasteiger partial charge in [0.2, 0.25) is 0 Å². The summed E-state index contributed by atoms with van der Waals surface area (Å²) >= 11 is 2.01. The van der Waals surface area contributed by atoms with Crippen LogP contribution in [-0.2, 0) is 0 Å². The topological polar surface area (TPSA) is 39.9 Å². The summed E-state index contributed by atoms with van der Waals surface area (Å²) in [5.74, 6) is 2.43. The Morgan fingerprint density at radius 3 is 3.00 bits per heavy atom. The van der Waals surface area contributed by atoms with E-state index in [9.17, 15) is 0 Å². The number of hydrogen-bond donors (Lipinski definition) is 0. The second-order valence-electron chi connectivity index (χ2n) is 3.47. The van der Waals surface area contributed by atoms with Gasteiger partial charge in [0, 0.05) is 18.8 Å². The zero-order valence-corrected chi connectivity index (χ0v) is 9.33. The van der Waals surface area contributed by atoms with E-state index < -0.39 is 0 Å². The lowest BCUT2D eigenvalue weighted by Gasteiger charge is -2.21. The van der Waals surface area contributed by atoms with Gasteiger partial charge in [-0.25, -0.2) is 4.98 Å². The van der Waals surface area contributed by atoms with E-state index in [1.54, 1.807) is 12.3 Å². The molecule has 0 amide bonds. The average Bonchev–Trinajstić information content (AvgIpc) is 2.58. The fourth-order valence-corrected chi connectivity index (χ4v) is 2.53. The fourth-order valence-electron chi connectivity index (χ4n) is 1.64. The van der Waals surface area contributed by atoms with Gasteiger partial charge in [-0.3, -0.25) is 0 Å². The largest absolute Gasteiger partial charge is 0.369 e. The van der Waals surface area contributed by atoms with Crippen LogP contribution in [0.15, 0.2) is 18.3 Å². The second kappa shape index (κ2) is 5.04. The second-order valence-corrected chi connectivity index (χ2v) is 4.69. The lowest BCUT2D eigenvalue weighted by molar-refractivity contribution is 0.813. The molecule has 0 N–H and O–H groups in total. The first-order chi connectivity index (χ1) is 7.40. The van der Waals surface area contributed by atoms with Crippen molar-refractivity contribution >= 4 is 17.4 Å². The summed E-state index contributed by atoms with van der Waals surface area (Å²) in [5, 5.41) is 8.65. The third-order valence-corrected chi connectivity index (χ3v) is 3.50. The van der Waals surface area contributed by atoms with E-state index in [0.29, 0.717) is 5.69 Å². The minimum atomic E-state index is 0.489. The Labute approximate surface area is 94.1 Å². The van der Waals surface area contributed by atoms with E-state index in [2.05, 4.69) is 9.88 Å². The Balaban J connectivity index is 2.10. The number of hydrogen-bond acceptors (Lipinski definition) is 4. The van der Waals surface area contributed by atoms with Crippen molar-refractivity contribution in [2.24, 2.45) is 0 Å². The molecule has 1 aromatic heterocycles. The number of thioether (sulfide) groups is 1. The lowest BCUT2D eigenvalue weighted by Crippen LogP contribution is -2.25. The lowest BCUT2D eigenvalue weighted by atomic mass is 10.3. The highest BCUT2D eigenvalue weighted by Crippen LogP contribution is 2.18. The van der Waals surface area contributed by atoms with Gasteiger partial charge in [0.05, 0.1) is 11.9 Å². The maximum atomic E-state index is 8.65. The van der Waals surface area contributed by atoms with Crippen LogP contribution in [0.3, 0.4) is 0 Å². The van der Waals surface area contributed by atoms with Gasteiger partial charge < -0.3 is 4.90 Å². The molecule has 1 aliphatic heterocycles. The third-order valence-electron chi connectivity index (χ3n) is 2.45. The highest BCUT2D eigenvalue weighted by atomic mass is 32.2. The molecule has 0 atom stereocenters. The predicted octanol–water partition coefficient (Wildman–Crippen LogP) is 1.90. The smallest absolute Gasteiger partial charge is 0.140 e. The maximum Gasteiger partial charge on any atom is 0.140 e. The summed E-state index contributed by atoms with van der Waals surface area (Å²) in [7, 11) is 0. The summed E-state index contributed by atoms with van der Waals surface area (Å²) in [4.78, 5) is 6.43.